The highest BCUT2D eigenvalue weighted by atomic mass is 16.3. The monoisotopic (exact) mass is 923 g/mol. The number of hydrogen-bond acceptors (Lipinski definition) is 3. The number of fused-ring (bicyclic) bond motifs is 16. The third-order valence-corrected chi connectivity index (χ3v) is 16.5. The van der Waals surface area contributed by atoms with Crippen LogP contribution in [0, 0.1) is 0 Å². The molecular formula is C67H63BN2O. The van der Waals surface area contributed by atoms with Crippen LogP contribution < -0.4 is 26.2 Å². The summed E-state index contributed by atoms with van der Waals surface area (Å²) in [6.45, 7) is 27.9. The van der Waals surface area contributed by atoms with Crippen LogP contribution in [-0.4, -0.2) is 6.71 Å². The van der Waals surface area contributed by atoms with E-state index in [-0.39, 0.29) is 28.4 Å². The number of rotatable bonds is 2. The van der Waals surface area contributed by atoms with E-state index >= 15 is 0 Å². The molecule has 0 N–H and O–H groups in total. The zero-order valence-electron chi connectivity index (χ0n) is 43.5. The smallest absolute Gasteiger partial charge is 0.252 e. The van der Waals surface area contributed by atoms with Crippen LogP contribution >= 0.6 is 0 Å². The summed E-state index contributed by atoms with van der Waals surface area (Å²) in [6, 6.07) is 63.4. The quantitative estimate of drug-likeness (QED) is 0.161. The lowest BCUT2D eigenvalue weighted by atomic mass is 9.33. The lowest BCUT2D eigenvalue weighted by Crippen LogP contribution is -2.61. The van der Waals surface area contributed by atoms with Gasteiger partial charge in [0.2, 0.25) is 0 Å². The highest BCUT2D eigenvalue weighted by molar-refractivity contribution is 7.00. The summed E-state index contributed by atoms with van der Waals surface area (Å²) in [4.78, 5) is 5.22. The minimum atomic E-state index is -0.654. The molecule has 9 aromatic rings. The maximum absolute atomic E-state index is 7.28. The van der Waals surface area contributed by atoms with Gasteiger partial charge in [0.25, 0.3) is 6.71 Å². The SMILES string of the molecule is CC(C)(C)c1ccc(N2c3cc(C(C)(C)C)ccc3B3c4cc5c(cc4N(c4ccc(C(C)(C)C)cc4)c4cc(C(C)(C)C)cc2c43)-c2ccccc2C52c3ccccc3-c3c2oc2ccccc32)cc1. The van der Waals surface area contributed by atoms with Gasteiger partial charge in [-0.15, -0.1) is 0 Å². The highest BCUT2D eigenvalue weighted by Gasteiger charge is 2.56. The summed E-state index contributed by atoms with van der Waals surface area (Å²) >= 11 is 0. The predicted molar refractivity (Wildman–Crippen MR) is 301 cm³/mol. The van der Waals surface area contributed by atoms with Gasteiger partial charge < -0.3 is 14.2 Å². The van der Waals surface area contributed by atoms with Crippen molar-refractivity contribution in [1.82, 2.24) is 0 Å². The average Bonchev–Trinajstić information content (AvgIpc) is 3.96. The van der Waals surface area contributed by atoms with E-state index in [4.69, 9.17) is 4.42 Å². The van der Waals surface area contributed by atoms with Crippen molar-refractivity contribution in [3.8, 4) is 22.3 Å². The van der Waals surface area contributed by atoms with Crippen LogP contribution in [0.2, 0.25) is 0 Å². The third kappa shape index (κ3) is 6.16. The molecule has 4 heteroatoms. The summed E-state index contributed by atoms with van der Waals surface area (Å²) in [5, 5.41) is 1.17. The summed E-state index contributed by atoms with van der Waals surface area (Å²) in [7, 11) is 0. The standard InChI is InChI=1S/C67H63BN2O/c1-63(2,3)40-25-30-44(31-26-40)69-55-35-42(65(7,8)9)29-34-53(55)68-54-39-52-49(38-56(54)70(45-32-27-41(28-33-45)64(4,5)6)58-37-43(66(10,11)12)36-57(69)61(58)68)46-19-13-16-22-50(46)67(52)51-23-17-14-20-47(51)60-48-21-15-18-24-59(48)71-62(60)67/h13-39H,1-12H3. The second kappa shape index (κ2) is 14.5. The first kappa shape index (κ1) is 43.9. The number of furan rings is 1. The van der Waals surface area contributed by atoms with E-state index in [1.165, 1.54) is 111 Å². The van der Waals surface area contributed by atoms with Crippen molar-refractivity contribution in [2.45, 2.75) is 110 Å². The second-order valence-electron chi connectivity index (χ2n) is 25.0. The van der Waals surface area contributed by atoms with Crippen molar-refractivity contribution in [1.29, 1.82) is 0 Å². The summed E-state index contributed by atoms with van der Waals surface area (Å²) in [5.41, 5.74) is 25.5. The highest BCUT2D eigenvalue weighted by Crippen LogP contribution is 2.65. The van der Waals surface area contributed by atoms with Gasteiger partial charge in [-0.3, -0.25) is 0 Å². The molecule has 4 aliphatic rings. The molecule has 2 aliphatic heterocycles. The Morgan fingerprint density at radius 3 is 1.45 bits per heavy atom. The largest absolute Gasteiger partial charge is 0.459 e. The minimum absolute atomic E-state index is 0.0132. The number of hydrogen-bond donors (Lipinski definition) is 0. The van der Waals surface area contributed by atoms with Crippen LogP contribution in [0.3, 0.4) is 0 Å². The fourth-order valence-corrected chi connectivity index (χ4v) is 12.7. The first-order valence-electron chi connectivity index (χ1n) is 25.8. The van der Waals surface area contributed by atoms with E-state index in [0.717, 1.165) is 17.0 Å². The summed E-state index contributed by atoms with van der Waals surface area (Å²) in [6.07, 6.45) is 0. The van der Waals surface area contributed by atoms with E-state index in [1.807, 2.05) is 0 Å². The van der Waals surface area contributed by atoms with Gasteiger partial charge in [-0.05, 0) is 148 Å². The van der Waals surface area contributed by atoms with E-state index < -0.39 is 5.41 Å². The van der Waals surface area contributed by atoms with Gasteiger partial charge in [-0.1, -0.05) is 192 Å². The molecule has 0 radical (unpaired) electrons. The number of anilines is 6. The maximum Gasteiger partial charge on any atom is 0.252 e. The van der Waals surface area contributed by atoms with Crippen LogP contribution in [0.25, 0.3) is 33.2 Å². The zero-order valence-corrected chi connectivity index (χ0v) is 43.5. The average molecular weight is 923 g/mol. The van der Waals surface area contributed by atoms with Crippen molar-refractivity contribution >= 4 is 68.2 Å². The van der Waals surface area contributed by atoms with Crippen molar-refractivity contribution in [3.63, 3.8) is 0 Å². The Balaban J connectivity index is 1.17. The molecule has 0 bridgehead atoms. The lowest BCUT2D eigenvalue weighted by molar-refractivity contribution is 0.507. The number of nitrogens with zero attached hydrogens (tertiary/aromatic N) is 2. The Morgan fingerprint density at radius 1 is 0.394 bits per heavy atom. The molecule has 3 heterocycles. The third-order valence-electron chi connectivity index (χ3n) is 16.5. The van der Waals surface area contributed by atoms with Crippen molar-refractivity contribution in [2.75, 3.05) is 9.80 Å². The molecule has 1 spiro atoms. The predicted octanol–water partition coefficient (Wildman–Crippen LogP) is 16.0. The Bertz CT molecular complexity index is 3700. The summed E-state index contributed by atoms with van der Waals surface area (Å²) in [5.74, 6) is 1.02. The molecule has 1 aromatic heterocycles. The number of para-hydroxylation sites is 1. The Kier molecular flexibility index (Phi) is 9.00. The van der Waals surface area contributed by atoms with Crippen molar-refractivity contribution in [2.24, 2.45) is 0 Å². The van der Waals surface area contributed by atoms with Gasteiger partial charge in [-0.2, -0.15) is 0 Å². The van der Waals surface area contributed by atoms with Crippen LogP contribution in [0.1, 0.15) is 128 Å². The molecule has 3 nitrogen and oxygen atoms in total. The molecule has 0 saturated heterocycles. The van der Waals surface area contributed by atoms with Gasteiger partial charge in [0, 0.05) is 45.1 Å². The number of benzene rings is 8. The van der Waals surface area contributed by atoms with Crippen LogP contribution in [0.4, 0.5) is 34.1 Å². The Labute approximate surface area is 421 Å². The lowest BCUT2D eigenvalue weighted by Gasteiger charge is -2.46. The normalized spacial score (nSPS) is 16.4. The topological polar surface area (TPSA) is 19.6 Å². The molecular weight excluding hydrogens is 860 g/mol. The maximum atomic E-state index is 7.28. The van der Waals surface area contributed by atoms with E-state index in [0.29, 0.717) is 0 Å². The molecule has 2 aliphatic carbocycles. The van der Waals surface area contributed by atoms with Gasteiger partial charge in [0.05, 0.1) is 0 Å². The zero-order chi connectivity index (χ0) is 49.3. The second-order valence-corrected chi connectivity index (χ2v) is 25.0. The fourth-order valence-electron chi connectivity index (χ4n) is 12.7. The molecule has 0 saturated carbocycles. The van der Waals surface area contributed by atoms with Crippen molar-refractivity contribution < 1.29 is 4.42 Å². The van der Waals surface area contributed by atoms with E-state index in [1.54, 1.807) is 0 Å². The molecule has 1 unspecified atom stereocenters. The molecule has 71 heavy (non-hydrogen) atoms. The van der Waals surface area contributed by atoms with Crippen LogP contribution in [0.15, 0.2) is 168 Å². The van der Waals surface area contributed by atoms with Crippen molar-refractivity contribution in [3.05, 3.63) is 208 Å². The van der Waals surface area contributed by atoms with Gasteiger partial charge in [-0.25, -0.2) is 0 Å². The molecule has 0 amide bonds. The molecule has 8 aromatic carbocycles. The van der Waals surface area contributed by atoms with E-state index in [2.05, 4.69) is 257 Å². The first-order chi connectivity index (χ1) is 33.7. The van der Waals surface area contributed by atoms with Gasteiger partial charge >= 0.3 is 0 Å². The van der Waals surface area contributed by atoms with Crippen LogP contribution in [-0.2, 0) is 27.1 Å². The minimum Gasteiger partial charge on any atom is -0.459 e. The molecule has 350 valence electrons. The van der Waals surface area contributed by atoms with Gasteiger partial charge in [0.15, 0.2) is 0 Å². The fraction of sp³-hybridized carbons (Fsp3) is 0.254. The van der Waals surface area contributed by atoms with Crippen LogP contribution in [0.5, 0.6) is 0 Å². The molecule has 13 rings (SSSR count). The summed E-state index contributed by atoms with van der Waals surface area (Å²) < 4.78 is 7.28. The van der Waals surface area contributed by atoms with Gasteiger partial charge in [0.1, 0.15) is 16.8 Å². The van der Waals surface area contributed by atoms with E-state index in [9.17, 15) is 0 Å². The molecule has 1 atom stereocenters. The first-order valence-corrected chi connectivity index (χ1v) is 25.8. The Morgan fingerprint density at radius 2 is 0.873 bits per heavy atom. The Hall–Kier alpha value is -7.04. The molecule has 0 fully saturated rings.